The Hall–Kier alpha value is -2.79. The summed E-state index contributed by atoms with van der Waals surface area (Å²) in [6, 6.07) is 8.97. The molecule has 0 amide bonds. The summed E-state index contributed by atoms with van der Waals surface area (Å²) in [7, 11) is -4.11. The van der Waals surface area contributed by atoms with Crippen molar-refractivity contribution >= 4 is 21.6 Å². The van der Waals surface area contributed by atoms with Crippen molar-refractivity contribution in [1.82, 2.24) is 9.62 Å². The molecule has 2 aromatic rings. The van der Waals surface area contributed by atoms with E-state index in [9.17, 15) is 30.8 Å². The number of sulfonamides is 1. The molecule has 2 aromatic carbocycles. The van der Waals surface area contributed by atoms with E-state index in [2.05, 4.69) is 10.3 Å². The standard InChI is InChI=1S/C28H31F4N3O3S/c1-18(2)12-23(36)25(3)17-33-24(34-25)26-14-27(15-26,16-26)35(39(37,38)22-10-8-21(29)9-11-22)13-19-4-6-20(7-5-19)28(30,31)32/h4-11,18H,12-17H2,1-3H3,(H,33,34)/t25-,26?,27?/m1/s1. The van der Waals surface area contributed by atoms with Crippen molar-refractivity contribution in [3.8, 4) is 0 Å². The largest absolute Gasteiger partial charge is 0.416 e. The van der Waals surface area contributed by atoms with Gasteiger partial charge in [-0.2, -0.15) is 17.5 Å². The quantitative estimate of drug-likeness (QED) is 0.417. The number of carbonyl (C=O) groups excluding carboxylic acids is 1. The number of benzene rings is 2. The summed E-state index contributed by atoms with van der Waals surface area (Å²) in [4.78, 5) is 17.4. The number of hydrogen-bond acceptors (Lipinski definition) is 5. The van der Waals surface area contributed by atoms with E-state index >= 15 is 0 Å². The molecule has 39 heavy (non-hydrogen) atoms. The molecule has 3 aliphatic carbocycles. The van der Waals surface area contributed by atoms with Gasteiger partial charge in [0.2, 0.25) is 10.0 Å². The van der Waals surface area contributed by atoms with Gasteiger partial charge in [-0.25, -0.2) is 12.8 Å². The minimum Gasteiger partial charge on any atom is -0.360 e. The number of amidine groups is 1. The molecule has 11 heteroatoms. The van der Waals surface area contributed by atoms with Crippen LogP contribution in [0.2, 0.25) is 0 Å². The van der Waals surface area contributed by atoms with Gasteiger partial charge < -0.3 is 5.32 Å². The highest BCUT2D eigenvalue weighted by Crippen LogP contribution is 2.71. The van der Waals surface area contributed by atoms with Crippen molar-refractivity contribution < 1.29 is 30.8 Å². The van der Waals surface area contributed by atoms with Crippen LogP contribution in [0.1, 0.15) is 57.6 Å². The van der Waals surface area contributed by atoms with Gasteiger partial charge in [-0.15, -0.1) is 0 Å². The summed E-state index contributed by atoms with van der Waals surface area (Å²) in [5.74, 6) is 0.444. The fraction of sp³-hybridized carbons (Fsp3) is 0.500. The summed E-state index contributed by atoms with van der Waals surface area (Å²) in [5, 5.41) is 3.34. The predicted octanol–water partition coefficient (Wildman–Crippen LogP) is 5.33. The zero-order valence-corrected chi connectivity index (χ0v) is 22.8. The lowest BCUT2D eigenvalue weighted by Crippen LogP contribution is -2.78. The van der Waals surface area contributed by atoms with Crippen molar-refractivity contribution in [1.29, 1.82) is 0 Å². The number of ketones is 1. The van der Waals surface area contributed by atoms with E-state index in [1.165, 1.54) is 28.6 Å². The Bertz CT molecular complexity index is 1400. The van der Waals surface area contributed by atoms with Crippen molar-refractivity contribution in [2.45, 2.75) is 75.1 Å². The number of hydrogen-bond donors (Lipinski definition) is 1. The molecule has 1 atom stereocenters. The number of carbonyl (C=O) groups is 1. The average Bonchev–Trinajstić information content (AvgIpc) is 3.19. The van der Waals surface area contributed by atoms with Crippen molar-refractivity contribution in [2.75, 3.05) is 6.54 Å². The Morgan fingerprint density at radius 2 is 1.64 bits per heavy atom. The van der Waals surface area contributed by atoms with Gasteiger partial charge in [-0.3, -0.25) is 9.79 Å². The molecule has 6 nitrogen and oxygen atoms in total. The number of alkyl halides is 3. The Morgan fingerprint density at radius 3 is 2.18 bits per heavy atom. The zero-order chi connectivity index (χ0) is 28.4. The molecule has 3 saturated carbocycles. The Morgan fingerprint density at radius 1 is 1.05 bits per heavy atom. The molecule has 4 aliphatic rings. The van der Waals surface area contributed by atoms with Gasteiger partial charge in [0.15, 0.2) is 5.78 Å². The second-order valence-corrected chi connectivity index (χ2v) is 13.7. The van der Waals surface area contributed by atoms with Crippen LogP contribution in [-0.4, -0.2) is 42.0 Å². The van der Waals surface area contributed by atoms with E-state index in [1.54, 1.807) is 0 Å². The molecule has 2 bridgehead atoms. The summed E-state index contributed by atoms with van der Waals surface area (Å²) in [5.41, 5.74) is -2.31. The molecule has 0 radical (unpaired) electrons. The van der Waals surface area contributed by atoms with E-state index in [4.69, 9.17) is 0 Å². The van der Waals surface area contributed by atoms with Gasteiger partial charge in [-0.05, 0) is 74.1 Å². The molecule has 0 spiro atoms. The lowest BCUT2D eigenvalue weighted by atomic mass is 9.38. The van der Waals surface area contributed by atoms with Crippen LogP contribution in [0.3, 0.4) is 0 Å². The number of aliphatic imine (C=N–C) groups is 1. The fourth-order valence-electron chi connectivity index (χ4n) is 6.09. The van der Waals surface area contributed by atoms with E-state index in [0.717, 1.165) is 30.1 Å². The Kier molecular flexibility index (Phi) is 6.49. The minimum atomic E-state index is -4.50. The summed E-state index contributed by atoms with van der Waals surface area (Å²) in [6.45, 7) is 6.00. The van der Waals surface area contributed by atoms with Crippen LogP contribution in [0.25, 0.3) is 0 Å². The van der Waals surface area contributed by atoms with Crippen LogP contribution < -0.4 is 5.32 Å². The third-order valence-corrected chi connectivity index (χ3v) is 10.2. The second-order valence-electron chi connectivity index (χ2n) is 11.8. The van der Waals surface area contributed by atoms with E-state index in [1.807, 2.05) is 20.8 Å². The van der Waals surface area contributed by atoms with E-state index in [0.29, 0.717) is 37.8 Å². The Labute approximate surface area is 225 Å². The molecular formula is C28H31F4N3O3S. The van der Waals surface area contributed by atoms with Gasteiger partial charge in [0, 0.05) is 23.9 Å². The third-order valence-electron chi connectivity index (χ3n) is 8.20. The molecule has 1 aliphatic heterocycles. The van der Waals surface area contributed by atoms with Gasteiger partial charge in [-0.1, -0.05) is 26.0 Å². The smallest absolute Gasteiger partial charge is 0.360 e. The molecule has 210 valence electrons. The van der Waals surface area contributed by atoms with E-state index < -0.39 is 38.7 Å². The van der Waals surface area contributed by atoms with Crippen molar-refractivity contribution in [3.63, 3.8) is 0 Å². The molecule has 0 aromatic heterocycles. The zero-order valence-electron chi connectivity index (χ0n) is 22.0. The van der Waals surface area contributed by atoms with Gasteiger partial charge >= 0.3 is 6.18 Å². The van der Waals surface area contributed by atoms with Gasteiger partial charge in [0.05, 0.1) is 17.0 Å². The normalized spacial score (nSPS) is 28.1. The number of Topliss-reactive ketones (excluding diaryl/α,β-unsaturated/α-hetero) is 1. The van der Waals surface area contributed by atoms with Crippen LogP contribution in [0.5, 0.6) is 0 Å². The van der Waals surface area contributed by atoms with Crippen molar-refractivity contribution in [2.24, 2.45) is 16.3 Å². The lowest BCUT2D eigenvalue weighted by Gasteiger charge is -2.73. The number of rotatable bonds is 9. The third kappa shape index (κ3) is 4.77. The van der Waals surface area contributed by atoms with Crippen LogP contribution in [0.15, 0.2) is 58.4 Å². The van der Waals surface area contributed by atoms with Crippen LogP contribution in [0, 0.1) is 17.2 Å². The van der Waals surface area contributed by atoms with E-state index in [-0.39, 0.29) is 28.6 Å². The first-order chi connectivity index (χ1) is 18.1. The molecule has 6 rings (SSSR count). The minimum absolute atomic E-state index is 0.0837. The Balaban J connectivity index is 1.39. The first kappa shape index (κ1) is 27.8. The van der Waals surface area contributed by atoms with Crippen molar-refractivity contribution in [3.05, 3.63) is 65.5 Å². The van der Waals surface area contributed by atoms with Gasteiger partial charge in [0.25, 0.3) is 0 Å². The molecule has 3 fully saturated rings. The lowest BCUT2D eigenvalue weighted by molar-refractivity contribution is -0.151. The molecule has 0 unspecified atom stereocenters. The molecule has 0 saturated heterocycles. The van der Waals surface area contributed by atoms with Crippen LogP contribution >= 0.6 is 0 Å². The topological polar surface area (TPSA) is 78.8 Å². The highest BCUT2D eigenvalue weighted by molar-refractivity contribution is 7.89. The first-order valence-electron chi connectivity index (χ1n) is 12.9. The first-order valence-corrected chi connectivity index (χ1v) is 14.3. The monoisotopic (exact) mass is 565 g/mol. The van der Waals surface area contributed by atoms with Gasteiger partial charge in [0.1, 0.15) is 17.2 Å². The highest BCUT2D eigenvalue weighted by Gasteiger charge is 2.75. The molecular weight excluding hydrogens is 534 g/mol. The second kappa shape index (κ2) is 9.12. The maximum atomic E-state index is 13.8. The SMILES string of the molecule is CC(C)CC(=O)[C@@]1(C)CN=C(C23CC(N(Cc4ccc(C(F)(F)F)cc4)S(=O)(=O)c4ccc(F)cc4)(C2)C3)N1. The highest BCUT2D eigenvalue weighted by atomic mass is 32.2. The maximum Gasteiger partial charge on any atom is 0.416 e. The van der Waals surface area contributed by atoms with Crippen LogP contribution in [-0.2, 0) is 27.5 Å². The summed E-state index contributed by atoms with van der Waals surface area (Å²) < 4.78 is 81.7. The van der Waals surface area contributed by atoms with Crippen LogP contribution in [0.4, 0.5) is 17.6 Å². The average molecular weight is 566 g/mol. The fourth-order valence-corrected chi connectivity index (χ4v) is 7.85. The number of nitrogens with one attached hydrogen (secondary N) is 1. The molecule has 1 heterocycles. The number of nitrogens with zero attached hydrogens (tertiary/aromatic N) is 2. The predicted molar refractivity (Wildman–Crippen MR) is 138 cm³/mol. The maximum absolute atomic E-state index is 13.8. The summed E-state index contributed by atoms with van der Waals surface area (Å²) >= 11 is 0. The summed E-state index contributed by atoms with van der Waals surface area (Å²) in [6.07, 6.45) is -2.65. The number of halogens is 4. The molecule has 1 N–H and O–H groups in total.